The predicted octanol–water partition coefficient (Wildman–Crippen LogP) is 2.37. The number of amides is 2. The summed E-state index contributed by atoms with van der Waals surface area (Å²) in [5, 5.41) is 2.90. The van der Waals surface area contributed by atoms with E-state index in [0.29, 0.717) is 13.1 Å². The van der Waals surface area contributed by atoms with Crippen molar-refractivity contribution >= 4 is 17.5 Å². The van der Waals surface area contributed by atoms with E-state index in [1.165, 1.54) is 5.56 Å². The number of nitrogens with zero attached hydrogens (tertiary/aromatic N) is 2. The number of aromatic nitrogens is 1. The lowest BCUT2D eigenvalue weighted by Crippen LogP contribution is -2.32. The van der Waals surface area contributed by atoms with Crippen LogP contribution in [-0.2, 0) is 16.1 Å². The third kappa shape index (κ3) is 3.45. The van der Waals surface area contributed by atoms with E-state index in [0.717, 1.165) is 16.8 Å². The number of pyridine rings is 1. The number of nitrogens with one attached hydrogen (secondary N) is 1. The van der Waals surface area contributed by atoms with E-state index < -0.39 is 0 Å². The summed E-state index contributed by atoms with van der Waals surface area (Å²) in [4.78, 5) is 30.4. The molecule has 24 heavy (non-hydrogen) atoms. The van der Waals surface area contributed by atoms with Crippen molar-refractivity contribution in [1.82, 2.24) is 10.3 Å². The monoisotopic (exact) mass is 323 g/mol. The van der Waals surface area contributed by atoms with Crippen LogP contribution < -0.4 is 10.2 Å². The van der Waals surface area contributed by atoms with Crippen molar-refractivity contribution in [1.29, 1.82) is 0 Å². The smallest absolute Gasteiger partial charge is 0.227 e. The van der Waals surface area contributed by atoms with E-state index in [2.05, 4.69) is 10.3 Å². The highest BCUT2D eigenvalue weighted by molar-refractivity contribution is 6.00. The molecule has 1 aromatic carbocycles. The maximum atomic E-state index is 12.4. The number of carbonyl (C=O) groups excluding carboxylic acids is 2. The summed E-state index contributed by atoms with van der Waals surface area (Å²) in [6.07, 6.45) is 3.68. The lowest BCUT2D eigenvalue weighted by molar-refractivity contribution is -0.126. The second kappa shape index (κ2) is 6.83. The molecule has 1 unspecified atom stereocenters. The Hall–Kier alpha value is -2.69. The second-order valence-electron chi connectivity index (χ2n) is 6.25. The first-order valence-corrected chi connectivity index (χ1v) is 8.09. The molecule has 124 valence electrons. The Balaban J connectivity index is 1.63. The largest absolute Gasteiger partial charge is 0.352 e. The molecule has 5 nitrogen and oxygen atoms in total. The highest BCUT2D eigenvalue weighted by Gasteiger charge is 2.35. The van der Waals surface area contributed by atoms with E-state index >= 15 is 0 Å². The van der Waals surface area contributed by atoms with Gasteiger partial charge in [0, 0.05) is 37.6 Å². The van der Waals surface area contributed by atoms with Crippen LogP contribution in [0.3, 0.4) is 0 Å². The quantitative estimate of drug-likeness (QED) is 0.939. The average molecular weight is 323 g/mol. The zero-order valence-corrected chi connectivity index (χ0v) is 14.0. The van der Waals surface area contributed by atoms with Crippen LogP contribution >= 0.6 is 0 Å². The van der Waals surface area contributed by atoms with Crippen molar-refractivity contribution in [3.8, 4) is 0 Å². The molecule has 1 N–H and O–H groups in total. The number of carbonyl (C=O) groups is 2. The Morgan fingerprint density at radius 3 is 2.83 bits per heavy atom. The molecule has 0 saturated carbocycles. The first kappa shape index (κ1) is 16.2. The predicted molar refractivity (Wildman–Crippen MR) is 92.5 cm³/mol. The van der Waals surface area contributed by atoms with Gasteiger partial charge in [-0.1, -0.05) is 12.1 Å². The first-order chi connectivity index (χ1) is 11.5. The summed E-state index contributed by atoms with van der Waals surface area (Å²) in [6.45, 7) is 4.93. The van der Waals surface area contributed by atoms with Gasteiger partial charge < -0.3 is 10.2 Å². The van der Waals surface area contributed by atoms with Crippen molar-refractivity contribution in [3.63, 3.8) is 0 Å². The molecule has 0 aliphatic carbocycles. The van der Waals surface area contributed by atoms with Gasteiger partial charge in [0.15, 0.2) is 0 Å². The fourth-order valence-electron chi connectivity index (χ4n) is 2.86. The summed E-state index contributed by atoms with van der Waals surface area (Å²) >= 11 is 0. The van der Waals surface area contributed by atoms with Crippen LogP contribution in [0.4, 0.5) is 5.69 Å². The Labute approximate surface area is 141 Å². The highest BCUT2D eigenvalue weighted by Crippen LogP contribution is 2.26. The second-order valence-corrected chi connectivity index (χ2v) is 6.25. The summed E-state index contributed by atoms with van der Waals surface area (Å²) < 4.78 is 0. The molecule has 1 aromatic heterocycles. The number of hydrogen-bond acceptors (Lipinski definition) is 3. The van der Waals surface area contributed by atoms with E-state index in [4.69, 9.17) is 0 Å². The van der Waals surface area contributed by atoms with E-state index in [1.807, 2.05) is 44.2 Å². The summed E-state index contributed by atoms with van der Waals surface area (Å²) in [5.74, 6) is -0.394. The molecule has 1 atom stereocenters. The van der Waals surface area contributed by atoms with Crippen molar-refractivity contribution < 1.29 is 9.59 Å². The van der Waals surface area contributed by atoms with Gasteiger partial charge in [-0.05, 0) is 48.7 Å². The Morgan fingerprint density at radius 2 is 2.12 bits per heavy atom. The van der Waals surface area contributed by atoms with Gasteiger partial charge in [0.2, 0.25) is 11.8 Å². The molecular weight excluding hydrogens is 302 g/mol. The molecule has 3 rings (SSSR count). The Kier molecular flexibility index (Phi) is 4.60. The molecule has 2 amide bonds. The zero-order valence-electron chi connectivity index (χ0n) is 14.0. The topological polar surface area (TPSA) is 62.3 Å². The molecule has 1 aliphatic rings. The third-order valence-corrected chi connectivity index (χ3v) is 4.49. The summed E-state index contributed by atoms with van der Waals surface area (Å²) in [5.41, 5.74) is 4.15. The molecule has 0 bridgehead atoms. The molecule has 5 heteroatoms. The Bertz CT molecular complexity index is 758. The number of aryl methyl sites for hydroxylation is 2. The van der Waals surface area contributed by atoms with Crippen LogP contribution in [0.15, 0.2) is 42.7 Å². The van der Waals surface area contributed by atoms with E-state index in [-0.39, 0.29) is 24.2 Å². The van der Waals surface area contributed by atoms with E-state index in [1.54, 1.807) is 17.3 Å². The summed E-state index contributed by atoms with van der Waals surface area (Å²) in [6, 6.07) is 9.70. The number of anilines is 1. The minimum Gasteiger partial charge on any atom is -0.352 e. The fraction of sp³-hybridized carbons (Fsp3) is 0.316. The lowest BCUT2D eigenvalue weighted by Gasteiger charge is -2.18. The normalized spacial score (nSPS) is 17.2. The van der Waals surface area contributed by atoms with Gasteiger partial charge in [0.25, 0.3) is 0 Å². The summed E-state index contributed by atoms with van der Waals surface area (Å²) in [7, 11) is 0. The average Bonchev–Trinajstić information content (AvgIpc) is 2.98. The van der Waals surface area contributed by atoms with E-state index in [9.17, 15) is 9.59 Å². The molecule has 1 saturated heterocycles. The molecule has 2 aromatic rings. The van der Waals surface area contributed by atoms with Gasteiger partial charge in [-0.25, -0.2) is 0 Å². The van der Waals surface area contributed by atoms with Crippen molar-refractivity contribution in [2.75, 3.05) is 11.4 Å². The van der Waals surface area contributed by atoms with Gasteiger partial charge in [-0.3, -0.25) is 14.6 Å². The minimum absolute atomic E-state index is 0.000203. The van der Waals surface area contributed by atoms with Crippen LogP contribution in [0.25, 0.3) is 0 Å². The standard InChI is InChI=1S/C19H21N3O2/c1-13-5-6-17(8-14(13)2)22-12-16(9-18(22)23)19(24)21-11-15-4-3-7-20-10-15/h3-8,10,16H,9,11-12H2,1-2H3,(H,21,24). The first-order valence-electron chi connectivity index (χ1n) is 8.09. The van der Waals surface area contributed by atoms with Crippen molar-refractivity contribution in [2.45, 2.75) is 26.8 Å². The van der Waals surface area contributed by atoms with Crippen LogP contribution in [0.5, 0.6) is 0 Å². The van der Waals surface area contributed by atoms with Gasteiger partial charge in [-0.2, -0.15) is 0 Å². The number of rotatable bonds is 4. The van der Waals surface area contributed by atoms with Crippen LogP contribution in [0.2, 0.25) is 0 Å². The molecule has 1 aliphatic heterocycles. The lowest BCUT2D eigenvalue weighted by atomic mass is 10.1. The fourth-order valence-corrected chi connectivity index (χ4v) is 2.86. The van der Waals surface area contributed by atoms with Crippen molar-refractivity contribution in [3.05, 3.63) is 59.4 Å². The molecule has 0 radical (unpaired) electrons. The minimum atomic E-state index is -0.309. The zero-order chi connectivity index (χ0) is 17.1. The van der Waals surface area contributed by atoms with Crippen molar-refractivity contribution in [2.24, 2.45) is 5.92 Å². The van der Waals surface area contributed by atoms with Gasteiger partial charge in [0.05, 0.1) is 5.92 Å². The van der Waals surface area contributed by atoms with Crippen LogP contribution in [-0.4, -0.2) is 23.3 Å². The SMILES string of the molecule is Cc1ccc(N2CC(C(=O)NCc3cccnc3)CC2=O)cc1C. The maximum Gasteiger partial charge on any atom is 0.227 e. The van der Waals surface area contributed by atoms with Crippen LogP contribution in [0, 0.1) is 19.8 Å². The number of benzene rings is 1. The highest BCUT2D eigenvalue weighted by atomic mass is 16.2. The maximum absolute atomic E-state index is 12.4. The number of hydrogen-bond donors (Lipinski definition) is 1. The van der Waals surface area contributed by atoms with Gasteiger partial charge in [-0.15, -0.1) is 0 Å². The molecular formula is C19H21N3O2. The molecule has 2 heterocycles. The Morgan fingerprint density at radius 1 is 1.29 bits per heavy atom. The molecule has 0 spiro atoms. The third-order valence-electron chi connectivity index (χ3n) is 4.49. The van der Waals surface area contributed by atoms with Crippen LogP contribution in [0.1, 0.15) is 23.1 Å². The van der Waals surface area contributed by atoms with Gasteiger partial charge >= 0.3 is 0 Å². The molecule has 1 fully saturated rings. The van der Waals surface area contributed by atoms with Gasteiger partial charge in [0.1, 0.15) is 0 Å².